The van der Waals surface area contributed by atoms with E-state index in [2.05, 4.69) is 5.32 Å². The SMILES string of the molecule is COCCOc1cc(C)ccc1CNC(=O)C(N)c1ccccc1. The standard InChI is InChI=1S/C19H24N2O3/c1-14-8-9-16(17(12-14)24-11-10-23-2)13-21-19(22)18(20)15-6-4-3-5-7-15/h3-9,12,18H,10-11,13,20H2,1-2H3,(H,21,22). The third-order valence-electron chi connectivity index (χ3n) is 3.66. The maximum Gasteiger partial charge on any atom is 0.241 e. The van der Waals surface area contributed by atoms with Crippen molar-refractivity contribution in [3.63, 3.8) is 0 Å². The number of hydrogen-bond donors (Lipinski definition) is 2. The Balaban J connectivity index is 1.99. The average Bonchev–Trinajstić information content (AvgIpc) is 2.61. The first kappa shape index (κ1) is 18.0. The van der Waals surface area contributed by atoms with Crippen LogP contribution in [0, 0.1) is 6.92 Å². The molecule has 0 spiro atoms. The van der Waals surface area contributed by atoms with E-state index in [-0.39, 0.29) is 5.91 Å². The van der Waals surface area contributed by atoms with E-state index in [9.17, 15) is 4.79 Å². The maximum atomic E-state index is 12.3. The molecule has 128 valence electrons. The molecule has 1 atom stereocenters. The highest BCUT2D eigenvalue weighted by Crippen LogP contribution is 2.20. The van der Waals surface area contributed by atoms with Gasteiger partial charge in [-0.2, -0.15) is 0 Å². The number of benzene rings is 2. The minimum absolute atomic E-state index is 0.218. The Labute approximate surface area is 142 Å². The summed E-state index contributed by atoms with van der Waals surface area (Å²) >= 11 is 0. The Morgan fingerprint density at radius 1 is 1.17 bits per heavy atom. The summed E-state index contributed by atoms with van der Waals surface area (Å²) in [6.07, 6.45) is 0. The van der Waals surface area contributed by atoms with E-state index in [0.717, 1.165) is 22.4 Å². The lowest BCUT2D eigenvalue weighted by atomic mass is 10.1. The summed E-state index contributed by atoms with van der Waals surface area (Å²) in [4.78, 5) is 12.3. The molecule has 0 aliphatic rings. The minimum atomic E-state index is -0.686. The lowest BCUT2D eigenvalue weighted by Gasteiger charge is -2.15. The number of nitrogens with one attached hydrogen (secondary N) is 1. The van der Waals surface area contributed by atoms with Crippen LogP contribution < -0.4 is 15.8 Å². The third-order valence-corrected chi connectivity index (χ3v) is 3.66. The van der Waals surface area contributed by atoms with Gasteiger partial charge in [0.05, 0.1) is 6.61 Å². The van der Waals surface area contributed by atoms with Crippen LogP contribution in [-0.2, 0) is 16.1 Å². The molecule has 24 heavy (non-hydrogen) atoms. The second kappa shape index (κ2) is 9.05. The van der Waals surface area contributed by atoms with E-state index < -0.39 is 6.04 Å². The van der Waals surface area contributed by atoms with Gasteiger partial charge in [0, 0.05) is 19.2 Å². The molecule has 0 bridgehead atoms. The zero-order chi connectivity index (χ0) is 17.4. The van der Waals surface area contributed by atoms with E-state index in [1.807, 2.05) is 55.5 Å². The van der Waals surface area contributed by atoms with Gasteiger partial charge in [-0.05, 0) is 24.1 Å². The molecule has 0 saturated carbocycles. The zero-order valence-corrected chi connectivity index (χ0v) is 14.1. The van der Waals surface area contributed by atoms with Crippen LogP contribution in [0.25, 0.3) is 0 Å². The van der Waals surface area contributed by atoms with E-state index in [1.54, 1.807) is 7.11 Å². The van der Waals surface area contributed by atoms with Gasteiger partial charge in [-0.25, -0.2) is 0 Å². The molecule has 2 rings (SSSR count). The Morgan fingerprint density at radius 2 is 1.92 bits per heavy atom. The van der Waals surface area contributed by atoms with Gasteiger partial charge in [0.15, 0.2) is 0 Å². The maximum absolute atomic E-state index is 12.3. The normalized spacial score (nSPS) is 11.8. The Kier molecular flexibility index (Phi) is 6.78. The van der Waals surface area contributed by atoms with Crippen molar-refractivity contribution in [2.24, 2.45) is 5.73 Å². The third kappa shape index (κ3) is 5.08. The molecule has 0 aromatic heterocycles. The van der Waals surface area contributed by atoms with Crippen molar-refractivity contribution in [2.45, 2.75) is 19.5 Å². The summed E-state index contributed by atoms with van der Waals surface area (Å²) in [6.45, 7) is 3.34. The molecular weight excluding hydrogens is 304 g/mol. The monoisotopic (exact) mass is 328 g/mol. The first-order chi connectivity index (χ1) is 11.6. The molecule has 1 amide bonds. The summed E-state index contributed by atoms with van der Waals surface area (Å²) < 4.78 is 10.7. The van der Waals surface area contributed by atoms with E-state index in [0.29, 0.717) is 19.8 Å². The second-order valence-corrected chi connectivity index (χ2v) is 5.56. The van der Waals surface area contributed by atoms with Crippen LogP contribution in [-0.4, -0.2) is 26.2 Å². The highest BCUT2D eigenvalue weighted by Gasteiger charge is 2.15. The van der Waals surface area contributed by atoms with Crippen molar-refractivity contribution < 1.29 is 14.3 Å². The lowest BCUT2D eigenvalue weighted by Crippen LogP contribution is -2.33. The number of aryl methyl sites for hydroxylation is 1. The van der Waals surface area contributed by atoms with Crippen molar-refractivity contribution in [2.75, 3.05) is 20.3 Å². The van der Waals surface area contributed by atoms with E-state index in [1.165, 1.54) is 0 Å². The highest BCUT2D eigenvalue weighted by atomic mass is 16.5. The van der Waals surface area contributed by atoms with Crippen molar-refractivity contribution in [1.29, 1.82) is 0 Å². The molecule has 0 radical (unpaired) electrons. The van der Waals surface area contributed by atoms with Gasteiger partial charge in [0.1, 0.15) is 18.4 Å². The van der Waals surface area contributed by atoms with Crippen LogP contribution >= 0.6 is 0 Å². The first-order valence-corrected chi connectivity index (χ1v) is 7.91. The summed E-state index contributed by atoms with van der Waals surface area (Å²) in [5.74, 6) is 0.533. The molecule has 0 aliphatic heterocycles. The van der Waals surface area contributed by atoms with Crippen LogP contribution in [0.4, 0.5) is 0 Å². The predicted octanol–water partition coefficient (Wildman–Crippen LogP) is 2.34. The van der Waals surface area contributed by atoms with Crippen LogP contribution in [0.1, 0.15) is 22.7 Å². The van der Waals surface area contributed by atoms with Crippen molar-refractivity contribution in [3.8, 4) is 5.75 Å². The predicted molar refractivity (Wildman–Crippen MR) is 93.8 cm³/mol. The Hall–Kier alpha value is -2.37. The molecule has 2 aromatic rings. The quantitative estimate of drug-likeness (QED) is 0.730. The van der Waals surface area contributed by atoms with Gasteiger partial charge in [0.25, 0.3) is 0 Å². The van der Waals surface area contributed by atoms with Crippen LogP contribution in [0.15, 0.2) is 48.5 Å². The fraction of sp³-hybridized carbons (Fsp3) is 0.316. The largest absolute Gasteiger partial charge is 0.491 e. The zero-order valence-electron chi connectivity index (χ0n) is 14.1. The van der Waals surface area contributed by atoms with Gasteiger partial charge in [-0.15, -0.1) is 0 Å². The lowest BCUT2D eigenvalue weighted by molar-refractivity contribution is -0.122. The van der Waals surface area contributed by atoms with Gasteiger partial charge in [0.2, 0.25) is 5.91 Å². The van der Waals surface area contributed by atoms with Gasteiger partial charge in [-0.3, -0.25) is 4.79 Å². The number of carbonyl (C=O) groups excluding carboxylic acids is 1. The number of ether oxygens (including phenoxy) is 2. The second-order valence-electron chi connectivity index (χ2n) is 5.56. The van der Waals surface area contributed by atoms with Gasteiger partial charge < -0.3 is 20.5 Å². The Bertz CT molecular complexity index is 659. The van der Waals surface area contributed by atoms with Crippen molar-refractivity contribution in [3.05, 3.63) is 65.2 Å². The molecule has 1 unspecified atom stereocenters. The highest BCUT2D eigenvalue weighted by molar-refractivity contribution is 5.82. The molecular formula is C19H24N2O3. The molecule has 3 N–H and O–H groups in total. The molecule has 0 fully saturated rings. The molecule has 0 heterocycles. The van der Waals surface area contributed by atoms with Crippen LogP contribution in [0.3, 0.4) is 0 Å². The number of nitrogens with two attached hydrogens (primary N) is 1. The van der Waals surface area contributed by atoms with Gasteiger partial charge in [-0.1, -0.05) is 42.5 Å². The summed E-state index contributed by atoms with van der Waals surface area (Å²) in [5, 5.41) is 2.87. The summed E-state index contributed by atoms with van der Waals surface area (Å²) in [6, 6.07) is 14.5. The van der Waals surface area contributed by atoms with E-state index in [4.69, 9.17) is 15.2 Å². The molecule has 5 nitrogen and oxygen atoms in total. The van der Waals surface area contributed by atoms with Crippen LogP contribution in [0.2, 0.25) is 0 Å². The number of carbonyl (C=O) groups is 1. The number of amides is 1. The molecule has 5 heteroatoms. The molecule has 2 aromatic carbocycles. The molecule has 0 aliphatic carbocycles. The van der Waals surface area contributed by atoms with Crippen LogP contribution in [0.5, 0.6) is 5.75 Å². The summed E-state index contributed by atoms with van der Waals surface area (Å²) in [7, 11) is 1.63. The fourth-order valence-electron chi connectivity index (χ4n) is 2.28. The first-order valence-electron chi connectivity index (χ1n) is 7.91. The summed E-state index contributed by atoms with van der Waals surface area (Å²) in [5.41, 5.74) is 8.79. The van der Waals surface area contributed by atoms with Crippen molar-refractivity contribution in [1.82, 2.24) is 5.32 Å². The van der Waals surface area contributed by atoms with E-state index >= 15 is 0 Å². The number of methoxy groups -OCH3 is 1. The average molecular weight is 328 g/mol. The number of hydrogen-bond acceptors (Lipinski definition) is 4. The van der Waals surface area contributed by atoms with Gasteiger partial charge >= 0.3 is 0 Å². The Morgan fingerprint density at radius 3 is 2.62 bits per heavy atom. The van der Waals surface area contributed by atoms with Crippen molar-refractivity contribution >= 4 is 5.91 Å². The topological polar surface area (TPSA) is 73.6 Å². The molecule has 0 saturated heterocycles. The minimum Gasteiger partial charge on any atom is -0.491 e. The number of rotatable bonds is 8. The smallest absolute Gasteiger partial charge is 0.241 e. The fourth-order valence-corrected chi connectivity index (χ4v) is 2.28.